The predicted molar refractivity (Wildman–Crippen MR) is 365 cm³/mol. The van der Waals surface area contributed by atoms with Crippen LogP contribution < -0.4 is 5.32 Å². The van der Waals surface area contributed by atoms with E-state index in [2.05, 4.69) is 67.8 Å². The standard InChI is InChI=1S/C74H133NO18/c1-3-5-7-9-11-13-15-17-19-21-22-23-24-25-26-27-28-29-30-31-32-33-34-36-37-39-41-43-45-47-49-51-58(79)57(75-62(80)52-50-48-46-44-42-40-38-35-20-18-16-14-12-10-8-6-4-2)56-88-72-68(86)65(83)70(60(54-77)90-72)93-74-69(87)66(84)71(61(55-78)91-74)92-73-67(85)64(82)63(81)59(53-76)89-73/h6,8,12,14,18,20,41,43,49,51,57-61,63-74,76-79,81-87H,3-5,7,9-11,13,15-17,19,21-40,42,44-48,50,52-56H2,1-2H3,(H,75,80)/b8-6-,14-12-,20-18-,43-41+,51-49+. The minimum absolute atomic E-state index is 0.222. The molecule has 0 bridgehead atoms. The second kappa shape index (κ2) is 55.4. The summed E-state index contributed by atoms with van der Waals surface area (Å²) < 4.78 is 34.3. The first-order valence-electron chi connectivity index (χ1n) is 37.0. The zero-order valence-electron chi connectivity index (χ0n) is 57.5. The molecule has 0 radical (unpaired) electrons. The summed E-state index contributed by atoms with van der Waals surface area (Å²) in [5.41, 5.74) is 0. The molecule has 3 rings (SSSR count). The summed E-state index contributed by atoms with van der Waals surface area (Å²) in [6, 6.07) is -0.999. The van der Waals surface area contributed by atoms with E-state index >= 15 is 0 Å². The fraction of sp³-hybridized carbons (Fsp3) is 0.851. The van der Waals surface area contributed by atoms with Crippen LogP contribution in [0.3, 0.4) is 0 Å². The van der Waals surface area contributed by atoms with E-state index in [1.54, 1.807) is 6.08 Å². The number of ether oxygens (including phenoxy) is 6. The lowest BCUT2D eigenvalue weighted by atomic mass is 9.96. The Morgan fingerprint density at radius 1 is 0.398 bits per heavy atom. The van der Waals surface area contributed by atoms with Crippen LogP contribution in [-0.4, -0.2) is 193 Å². The highest BCUT2D eigenvalue weighted by Crippen LogP contribution is 2.33. The second-order valence-electron chi connectivity index (χ2n) is 26.4. The highest BCUT2D eigenvalue weighted by molar-refractivity contribution is 5.76. The van der Waals surface area contributed by atoms with Crippen molar-refractivity contribution in [2.24, 2.45) is 0 Å². The highest BCUT2D eigenvalue weighted by atomic mass is 16.8. The third kappa shape index (κ3) is 36.8. The van der Waals surface area contributed by atoms with Gasteiger partial charge in [0.1, 0.15) is 73.2 Å². The Bertz CT molecular complexity index is 1920. The zero-order valence-corrected chi connectivity index (χ0v) is 57.5. The Kier molecular flexibility index (Phi) is 50.4. The van der Waals surface area contributed by atoms with Gasteiger partial charge in [-0.05, 0) is 64.2 Å². The van der Waals surface area contributed by atoms with Gasteiger partial charge in [0.2, 0.25) is 5.91 Å². The van der Waals surface area contributed by atoms with Gasteiger partial charge >= 0.3 is 0 Å². The third-order valence-corrected chi connectivity index (χ3v) is 18.3. The molecule has 3 heterocycles. The first-order valence-corrected chi connectivity index (χ1v) is 37.0. The molecule has 3 saturated heterocycles. The molecule has 93 heavy (non-hydrogen) atoms. The first-order chi connectivity index (χ1) is 45.3. The maximum Gasteiger partial charge on any atom is 0.220 e. The summed E-state index contributed by atoms with van der Waals surface area (Å²) in [6.45, 7) is 1.61. The van der Waals surface area contributed by atoms with Gasteiger partial charge in [-0.2, -0.15) is 0 Å². The monoisotopic (exact) mass is 1320 g/mol. The molecule has 0 saturated carbocycles. The minimum atomic E-state index is -1.98. The molecule has 3 fully saturated rings. The number of rotatable bonds is 57. The van der Waals surface area contributed by atoms with E-state index in [1.165, 1.54) is 154 Å². The number of allylic oxidation sites excluding steroid dienone is 9. The maximum absolute atomic E-state index is 13.4. The van der Waals surface area contributed by atoms with Crippen molar-refractivity contribution in [1.82, 2.24) is 5.32 Å². The van der Waals surface area contributed by atoms with Crippen LogP contribution in [0.15, 0.2) is 60.8 Å². The van der Waals surface area contributed by atoms with Crippen LogP contribution in [0.2, 0.25) is 0 Å². The smallest absolute Gasteiger partial charge is 0.220 e. The normalized spacial score (nSPS) is 27.9. The van der Waals surface area contributed by atoms with Crippen molar-refractivity contribution in [3.63, 3.8) is 0 Å². The van der Waals surface area contributed by atoms with E-state index in [0.717, 1.165) is 83.5 Å². The van der Waals surface area contributed by atoms with Crippen LogP contribution in [0.1, 0.15) is 271 Å². The van der Waals surface area contributed by atoms with Crippen molar-refractivity contribution < 1.29 is 89.4 Å². The number of carbonyl (C=O) groups excluding carboxylic acids is 1. The lowest BCUT2D eigenvalue weighted by Crippen LogP contribution is -2.66. The fourth-order valence-electron chi connectivity index (χ4n) is 12.3. The summed E-state index contributed by atoms with van der Waals surface area (Å²) in [7, 11) is 0. The van der Waals surface area contributed by atoms with Crippen molar-refractivity contribution in [3.05, 3.63) is 60.8 Å². The van der Waals surface area contributed by atoms with E-state index in [9.17, 15) is 61.0 Å². The molecule has 1 amide bonds. The van der Waals surface area contributed by atoms with Gasteiger partial charge in [0.15, 0.2) is 18.9 Å². The van der Waals surface area contributed by atoms with E-state index < -0.39 is 124 Å². The summed E-state index contributed by atoms with van der Waals surface area (Å²) in [4.78, 5) is 13.4. The van der Waals surface area contributed by atoms with Crippen LogP contribution in [0.5, 0.6) is 0 Å². The number of hydrogen-bond donors (Lipinski definition) is 12. The minimum Gasteiger partial charge on any atom is -0.394 e. The molecule has 17 unspecified atom stereocenters. The average molecular weight is 1320 g/mol. The largest absolute Gasteiger partial charge is 0.394 e. The second-order valence-corrected chi connectivity index (χ2v) is 26.4. The summed E-state index contributed by atoms with van der Waals surface area (Å²) >= 11 is 0. The van der Waals surface area contributed by atoms with E-state index in [4.69, 9.17) is 28.4 Å². The molecular formula is C74H133NO18. The molecule has 542 valence electrons. The van der Waals surface area contributed by atoms with Crippen LogP contribution in [0.25, 0.3) is 0 Å². The van der Waals surface area contributed by atoms with Crippen molar-refractivity contribution in [1.29, 1.82) is 0 Å². The van der Waals surface area contributed by atoms with Gasteiger partial charge in [0.25, 0.3) is 0 Å². The fourth-order valence-corrected chi connectivity index (χ4v) is 12.3. The molecule has 19 heteroatoms. The molecule has 0 aromatic heterocycles. The van der Waals surface area contributed by atoms with Crippen LogP contribution >= 0.6 is 0 Å². The number of unbranched alkanes of at least 4 members (excludes halogenated alkanes) is 33. The number of hydrogen-bond acceptors (Lipinski definition) is 18. The van der Waals surface area contributed by atoms with Gasteiger partial charge in [0.05, 0.1) is 38.6 Å². The van der Waals surface area contributed by atoms with Crippen molar-refractivity contribution in [2.75, 3.05) is 26.4 Å². The number of nitrogens with one attached hydrogen (secondary N) is 1. The summed E-state index contributed by atoms with van der Waals surface area (Å²) in [5, 5.41) is 121. The van der Waals surface area contributed by atoms with Gasteiger partial charge in [-0.15, -0.1) is 0 Å². The Balaban J connectivity index is 1.40. The van der Waals surface area contributed by atoms with Crippen molar-refractivity contribution >= 4 is 5.91 Å². The molecule has 0 aliphatic carbocycles. The average Bonchev–Trinajstić information content (AvgIpc) is 0.815. The lowest BCUT2D eigenvalue weighted by Gasteiger charge is -2.48. The van der Waals surface area contributed by atoms with Gasteiger partial charge in [-0.25, -0.2) is 0 Å². The SMILES string of the molecule is CC/C=C\C/C=C\C/C=C\CCCCCCCCCC(=O)NC(COC1OC(CO)C(OC2OC(CO)C(OC3OC(CO)C(O)C(O)C3O)C(O)C2O)C(O)C1O)C(O)/C=C/CC/C=C/CCCCCCCCCCCCCCCCCCCCCCCCCCC. The van der Waals surface area contributed by atoms with E-state index in [0.29, 0.717) is 12.8 Å². The molecule has 0 aromatic carbocycles. The molecule has 3 aliphatic heterocycles. The van der Waals surface area contributed by atoms with Gasteiger partial charge < -0.3 is 89.9 Å². The van der Waals surface area contributed by atoms with Crippen LogP contribution in [0.4, 0.5) is 0 Å². The molecular weight excluding hydrogens is 1190 g/mol. The van der Waals surface area contributed by atoms with Crippen LogP contribution in [0, 0.1) is 0 Å². The third-order valence-electron chi connectivity index (χ3n) is 18.3. The maximum atomic E-state index is 13.4. The van der Waals surface area contributed by atoms with Gasteiger partial charge in [0, 0.05) is 6.42 Å². The molecule has 19 nitrogen and oxygen atoms in total. The topological polar surface area (TPSA) is 307 Å². The summed E-state index contributed by atoms with van der Waals surface area (Å²) in [6.07, 6.45) is 42.2. The van der Waals surface area contributed by atoms with E-state index in [1.807, 2.05) is 6.08 Å². The summed E-state index contributed by atoms with van der Waals surface area (Å²) in [5.74, 6) is -0.295. The Labute approximate surface area is 560 Å². The first kappa shape index (κ1) is 84.7. The zero-order chi connectivity index (χ0) is 67.5. The van der Waals surface area contributed by atoms with Gasteiger partial charge in [-0.3, -0.25) is 4.79 Å². The van der Waals surface area contributed by atoms with Gasteiger partial charge in [-0.1, -0.05) is 261 Å². The molecule has 3 aliphatic rings. The molecule has 12 N–H and O–H groups in total. The Hall–Kier alpha value is -2.51. The number of amides is 1. The Morgan fingerprint density at radius 3 is 1.20 bits per heavy atom. The lowest BCUT2D eigenvalue weighted by molar-refractivity contribution is -0.379. The molecule has 0 aromatic rings. The van der Waals surface area contributed by atoms with Crippen LogP contribution in [-0.2, 0) is 33.2 Å². The quantitative estimate of drug-likeness (QED) is 0.0199. The number of carbonyl (C=O) groups is 1. The predicted octanol–water partition coefficient (Wildman–Crippen LogP) is 10.7. The molecule has 17 atom stereocenters. The molecule has 0 spiro atoms. The Morgan fingerprint density at radius 2 is 0.753 bits per heavy atom. The van der Waals surface area contributed by atoms with Crippen molar-refractivity contribution in [3.8, 4) is 0 Å². The number of aliphatic hydroxyl groups excluding tert-OH is 11. The number of aliphatic hydroxyl groups is 11. The van der Waals surface area contributed by atoms with E-state index in [-0.39, 0.29) is 18.9 Å². The highest BCUT2D eigenvalue weighted by Gasteiger charge is 2.53. The van der Waals surface area contributed by atoms with Crippen molar-refractivity contribution in [2.45, 2.75) is 375 Å².